The lowest BCUT2D eigenvalue weighted by molar-refractivity contribution is -0.167. The molecule has 30 aromatic carbocycles. The van der Waals surface area contributed by atoms with Crippen molar-refractivity contribution in [3.8, 4) is 0 Å². The Kier molecular flexibility index (Phi) is 4.75. The lowest BCUT2D eigenvalue weighted by Gasteiger charge is -2.32. The van der Waals surface area contributed by atoms with E-state index in [0.717, 1.165) is 50.5 Å². The fourth-order valence-electron chi connectivity index (χ4n) is 28.4. The van der Waals surface area contributed by atoms with Crippen molar-refractivity contribution in [1.29, 1.82) is 0 Å². The van der Waals surface area contributed by atoms with Gasteiger partial charge in [0, 0.05) is 0 Å². The first-order valence-electron chi connectivity index (χ1n) is 34.5. The van der Waals surface area contributed by atoms with Crippen LogP contribution in [0.3, 0.4) is 0 Å². The zero-order valence-corrected chi connectivity index (χ0v) is 49.0. The molecule has 0 amide bonds. The highest BCUT2D eigenvalue weighted by atomic mass is 16.6. The van der Waals surface area contributed by atoms with Crippen molar-refractivity contribution in [2.45, 2.75) is 68.8 Å². The van der Waals surface area contributed by atoms with Gasteiger partial charge in [0.05, 0.1) is 29.6 Å². The number of hydrogen-bond acceptors (Lipinski definition) is 6. The number of unbranched alkanes of at least 4 members (excludes halogenated alkanes) is 7. The summed E-state index contributed by atoms with van der Waals surface area (Å²) in [4.78, 5) is 47.9. The SMILES string of the molecule is O=C(OCCCCCCCCCCOC(=O)C1(C(=O)OCc2ccccc2)C23c4c5c6c7c8c9c(c%10c%11c2c2c4c4c%12c5c5c6c6c8c8c%13c9c9c%10c%10c%11c%11c2c2c4c4c%12c%12c5c5c6c8c6c8c%13c9c9c%10c%10c%11c2c2c4c4c%12c5c6c5c8c9c%10c2c45)C713)c1ccccc1. The maximum Gasteiger partial charge on any atom is 0.338 e. The Morgan fingerprint density at radius 3 is 0.720 bits per heavy atom. The maximum atomic E-state index is 17.7. The zero-order chi connectivity index (χ0) is 57.8. The second kappa shape index (κ2) is 10.8. The summed E-state index contributed by atoms with van der Waals surface area (Å²) in [7, 11) is 0. The minimum absolute atomic E-state index is 0.0681. The molecule has 0 bridgehead atoms. The number of benzene rings is 20. The predicted octanol–water partition coefficient (Wildman–Crippen LogP) is 21.6. The van der Waals surface area contributed by atoms with Crippen molar-refractivity contribution in [1.82, 2.24) is 0 Å². The van der Waals surface area contributed by atoms with Gasteiger partial charge in [-0.15, -0.1) is 0 Å². The minimum Gasteiger partial charge on any atom is -0.465 e. The highest BCUT2D eigenvalue weighted by Crippen LogP contribution is 2.96. The van der Waals surface area contributed by atoms with Gasteiger partial charge >= 0.3 is 17.9 Å². The van der Waals surface area contributed by atoms with Crippen LogP contribution < -0.4 is 0 Å². The summed E-state index contributed by atoms with van der Waals surface area (Å²) in [6.07, 6.45) is 7.78. The third-order valence-corrected chi connectivity index (χ3v) is 29.7. The summed E-state index contributed by atoms with van der Waals surface area (Å²) in [5.74, 6) is -1.06. The molecular weight excluding hydrogens is 1140 g/mol. The summed E-state index contributed by atoms with van der Waals surface area (Å²) >= 11 is 0. The van der Waals surface area contributed by atoms with Crippen LogP contribution in [0.25, 0.3) is 291 Å². The van der Waals surface area contributed by atoms with E-state index in [2.05, 4.69) is 12.1 Å². The van der Waals surface area contributed by atoms with Gasteiger partial charge in [0.15, 0.2) is 5.41 Å². The van der Waals surface area contributed by atoms with E-state index in [9.17, 15) is 4.79 Å². The molecule has 0 aliphatic heterocycles. The van der Waals surface area contributed by atoms with Crippen LogP contribution in [0.15, 0.2) is 60.7 Å². The van der Waals surface area contributed by atoms with Crippen LogP contribution in [0, 0.1) is 5.41 Å². The molecule has 0 radical (unpaired) electrons. The van der Waals surface area contributed by atoms with Crippen LogP contribution in [0.2, 0.25) is 0 Å². The Labute approximate surface area is 515 Å². The molecule has 0 unspecified atom stereocenters. The Hall–Kier alpha value is -10.7. The topological polar surface area (TPSA) is 78.9 Å². The Morgan fingerprint density at radius 2 is 0.452 bits per heavy atom. The maximum absolute atomic E-state index is 17.7. The fraction of sp³-hybridized carbons (Fsp3) is 0.161. The van der Waals surface area contributed by atoms with Gasteiger partial charge in [-0.3, -0.25) is 9.59 Å². The van der Waals surface area contributed by atoms with Gasteiger partial charge < -0.3 is 14.2 Å². The van der Waals surface area contributed by atoms with Crippen LogP contribution in [0.1, 0.15) is 89.5 Å². The molecule has 1 fully saturated rings. The summed E-state index contributed by atoms with van der Waals surface area (Å²) in [6.45, 7) is 0.740. The van der Waals surface area contributed by atoms with Gasteiger partial charge in [0.25, 0.3) is 0 Å². The van der Waals surface area contributed by atoms with E-state index in [4.69, 9.17) is 14.2 Å². The van der Waals surface area contributed by atoms with Gasteiger partial charge in [-0.25, -0.2) is 4.79 Å². The van der Waals surface area contributed by atoms with Gasteiger partial charge in [-0.1, -0.05) is 87.1 Å². The molecule has 0 aromatic heterocycles. The van der Waals surface area contributed by atoms with Crippen molar-refractivity contribution >= 4 is 309 Å². The largest absolute Gasteiger partial charge is 0.465 e. The summed E-state index contributed by atoms with van der Waals surface area (Å²) in [5, 5.41) is 79.5. The molecule has 6 nitrogen and oxygen atoms in total. The predicted molar refractivity (Wildman–Crippen MR) is 377 cm³/mol. The zero-order valence-electron chi connectivity index (χ0n) is 49.0. The first-order chi connectivity index (χ1) is 46.1. The normalized spacial score (nSPS) is 21.0. The molecule has 2 spiro atoms. The number of rotatable bonds is 16. The fourth-order valence-corrected chi connectivity index (χ4v) is 28.4. The molecule has 5 aliphatic rings. The van der Waals surface area contributed by atoms with Crippen LogP contribution in [-0.4, -0.2) is 31.1 Å². The van der Waals surface area contributed by atoms with Gasteiger partial charge in [-0.2, -0.15) is 0 Å². The summed E-state index contributed by atoms with van der Waals surface area (Å²) in [6, 6.07) is 19.4. The number of carbonyl (C=O) groups excluding carboxylic acids is 3. The molecule has 93 heavy (non-hydrogen) atoms. The lowest BCUT2D eigenvalue weighted by atomic mass is 9.68. The smallest absolute Gasteiger partial charge is 0.338 e. The van der Waals surface area contributed by atoms with Crippen LogP contribution in [0.4, 0.5) is 0 Å². The Balaban J connectivity index is 0.713. The molecule has 0 saturated heterocycles. The molecule has 35 rings (SSSR count). The van der Waals surface area contributed by atoms with E-state index < -0.39 is 22.2 Å². The Morgan fingerprint density at radius 1 is 0.237 bits per heavy atom. The minimum atomic E-state index is -1.78. The van der Waals surface area contributed by atoms with E-state index in [1.807, 2.05) is 36.4 Å². The molecule has 1 saturated carbocycles. The van der Waals surface area contributed by atoms with Crippen LogP contribution in [0.5, 0.6) is 0 Å². The third-order valence-electron chi connectivity index (χ3n) is 29.7. The quantitative estimate of drug-likeness (QED) is 0.0315. The van der Waals surface area contributed by atoms with Crippen molar-refractivity contribution in [2.24, 2.45) is 5.41 Å². The van der Waals surface area contributed by atoms with Gasteiger partial charge in [0.1, 0.15) is 6.61 Å². The average Bonchev–Trinajstić information content (AvgIpc) is 1.36. The summed E-state index contributed by atoms with van der Waals surface area (Å²) < 4.78 is 20.0. The molecular formula is C87H32O6. The monoisotopic (exact) mass is 1170 g/mol. The van der Waals surface area contributed by atoms with E-state index >= 15 is 9.59 Å². The van der Waals surface area contributed by atoms with Crippen molar-refractivity contribution in [3.63, 3.8) is 0 Å². The highest BCUT2D eigenvalue weighted by molar-refractivity contribution is 6.82. The lowest BCUT2D eigenvalue weighted by Crippen LogP contribution is -2.38. The average molecular weight is 1170 g/mol. The van der Waals surface area contributed by atoms with E-state index in [1.54, 1.807) is 66.0 Å². The van der Waals surface area contributed by atoms with Crippen LogP contribution >= 0.6 is 0 Å². The van der Waals surface area contributed by atoms with Gasteiger partial charge in [0.2, 0.25) is 0 Å². The molecule has 30 aromatic rings. The first kappa shape index (κ1) is 40.9. The standard InChI is InChI=1S/C87H32O6/c88-82(23-17-11-8-12-18-23)91-19-13-5-3-1-2-4-6-14-20-92-83(89)87(84(90)93-21-22-15-9-7-10-16-22)85-78-70-62-52-42-34-26-24-25-28-32-30(26)38-46-40(32)50-44-36(28)37-29(25)33-31-27(24)35(34)43-49-39(31)47-41(33)51-45(37)55-54(44)64-58(50)68-60(46)66(56(62)48(38)42)74(78)76(68)80-72(64)73-65(55)59(51)69-61(47)67-57(49)63(53(43)52)71(70)79(85)75(67)77(69)81(73)86(80,85)87/h7-12,15-18H,1-6,13-14,19-21H2. The van der Waals surface area contributed by atoms with E-state index in [0.29, 0.717) is 18.6 Å². The van der Waals surface area contributed by atoms with Gasteiger partial charge in [-0.05, 0) is 344 Å². The molecule has 416 valence electrons. The molecule has 6 heteroatoms. The van der Waals surface area contributed by atoms with E-state index in [1.165, 1.54) is 259 Å². The van der Waals surface area contributed by atoms with Crippen molar-refractivity contribution in [3.05, 3.63) is 94.0 Å². The van der Waals surface area contributed by atoms with Crippen LogP contribution in [-0.2, 0) is 41.2 Å². The number of carbonyl (C=O) groups is 3. The van der Waals surface area contributed by atoms with E-state index in [-0.39, 0.29) is 25.2 Å². The summed E-state index contributed by atoms with van der Waals surface area (Å²) in [5.41, 5.74) is 2.49. The highest BCUT2D eigenvalue weighted by Gasteiger charge is 3.01. The van der Waals surface area contributed by atoms with Crippen molar-refractivity contribution in [2.75, 3.05) is 13.2 Å². The van der Waals surface area contributed by atoms with Crippen molar-refractivity contribution < 1.29 is 28.6 Å². The first-order valence-corrected chi connectivity index (χ1v) is 34.5. The molecule has 0 atom stereocenters. The second-order valence-corrected chi connectivity index (χ2v) is 31.5. The third kappa shape index (κ3) is 2.76. The number of hydrogen-bond donors (Lipinski definition) is 0. The molecule has 0 N–H and O–H groups in total. The molecule has 0 heterocycles. The second-order valence-electron chi connectivity index (χ2n) is 31.5. The number of esters is 3. The molecule has 5 aliphatic carbocycles. The number of ether oxygens (including phenoxy) is 3. The Bertz CT molecular complexity index is 7790.